The number of imidazole rings is 1. The van der Waals surface area contributed by atoms with Crippen LogP contribution in [0.5, 0.6) is 0 Å². The SMILES string of the molecule is CCCCn1c(CN(C)C[C@H](O)CO)cnc1S(=O)(=O)CC1CCC1. The number of likely N-dealkylation sites (N-methyl/N-ethyl adjacent to an activating group) is 1. The zero-order valence-electron chi connectivity index (χ0n) is 15.3. The number of sulfone groups is 1. The smallest absolute Gasteiger partial charge is 0.227 e. The largest absolute Gasteiger partial charge is 0.394 e. The van der Waals surface area contributed by atoms with Crippen LogP contribution in [0, 0.1) is 5.92 Å². The number of unbranched alkanes of at least 4 members (excludes halogenated alkanes) is 1. The van der Waals surface area contributed by atoms with Gasteiger partial charge in [-0.05, 0) is 32.2 Å². The van der Waals surface area contributed by atoms with Gasteiger partial charge in [0.05, 0.1) is 30.4 Å². The maximum absolute atomic E-state index is 12.8. The monoisotopic (exact) mass is 373 g/mol. The summed E-state index contributed by atoms with van der Waals surface area (Å²) >= 11 is 0. The molecule has 1 aromatic rings. The van der Waals surface area contributed by atoms with E-state index >= 15 is 0 Å². The van der Waals surface area contributed by atoms with Gasteiger partial charge in [0.25, 0.3) is 0 Å². The van der Waals surface area contributed by atoms with Gasteiger partial charge >= 0.3 is 0 Å². The second kappa shape index (κ2) is 9.12. The Bertz CT molecular complexity index is 640. The van der Waals surface area contributed by atoms with Crippen molar-refractivity contribution in [3.05, 3.63) is 11.9 Å². The number of aliphatic hydroxyl groups is 2. The van der Waals surface area contributed by atoms with E-state index in [4.69, 9.17) is 5.11 Å². The molecule has 2 rings (SSSR count). The topological polar surface area (TPSA) is 95.7 Å². The fourth-order valence-electron chi connectivity index (χ4n) is 3.12. The summed E-state index contributed by atoms with van der Waals surface area (Å²) in [6, 6.07) is 0. The molecule has 0 unspecified atom stereocenters. The highest BCUT2D eigenvalue weighted by Gasteiger charge is 2.30. The van der Waals surface area contributed by atoms with E-state index in [9.17, 15) is 13.5 Å². The average molecular weight is 374 g/mol. The average Bonchev–Trinajstić information content (AvgIpc) is 2.92. The van der Waals surface area contributed by atoms with Crippen molar-refractivity contribution in [1.29, 1.82) is 0 Å². The first-order valence-electron chi connectivity index (χ1n) is 9.12. The van der Waals surface area contributed by atoms with Gasteiger partial charge in [-0.15, -0.1) is 0 Å². The molecule has 1 heterocycles. The number of hydrogen-bond donors (Lipinski definition) is 2. The van der Waals surface area contributed by atoms with Crippen LogP contribution in [-0.2, 0) is 22.9 Å². The Kier molecular flexibility index (Phi) is 7.42. The minimum atomic E-state index is -3.38. The Morgan fingerprint density at radius 1 is 1.44 bits per heavy atom. The van der Waals surface area contributed by atoms with Crippen molar-refractivity contribution in [1.82, 2.24) is 14.5 Å². The summed E-state index contributed by atoms with van der Waals surface area (Å²) in [4.78, 5) is 6.10. The lowest BCUT2D eigenvalue weighted by molar-refractivity contribution is 0.0641. The van der Waals surface area contributed by atoms with Gasteiger partial charge in [0, 0.05) is 19.6 Å². The molecular formula is C17H31N3O4S. The van der Waals surface area contributed by atoms with E-state index in [0.29, 0.717) is 19.6 Å². The second-order valence-corrected chi connectivity index (χ2v) is 9.08. The van der Waals surface area contributed by atoms with Crippen LogP contribution >= 0.6 is 0 Å². The van der Waals surface area contributed by atoms with Crippen molar-refractivity contribution in [3.63, 3.8) is 0 Å². The summed E-state index contributed by atoms with van der Waals surface area (Å²) in [5, 5.41) is 18.7. The molecule has 0 aromatic carbocycles. The lowest BCUT2D eigenvalue weighted by Gasteiger charge is -2.25. The molecule has 1 fully saturated rings. The van der Waals surface area contributed by atoms with E-state index in [0.717, 1.165) is 37.8 Å². The van der Waals surface area contributed by atoms with Gasteiger partial charge in [0.2, 0.25) is 15.0 Å². The third-order valence-electron chi connectivity index (χ3n) is 4.76. The number of rotatable bonds is 11. The molecule has 1 aliphatic carbocycles. The molecule has 0 saturated heterocycles. The molecule has 0 radical (unpaired) electrons. The van der Waals surface area contributed by atoms with Crippen LogP contribution in [0.15, 0.2) is 11.4 Å². The summed E-state index contributed by atoms with van der Waals surface area (Å²) in [6.45, 7) is 3.21. The van der Waals surface area contributed by atoms with Crippen LogP contribution in [0.1, 0.15) is 44.7 Å². The highest BCUT2D eigenvalue weighted by atomic mass is 32.2. The third kappa shape index (κ3) is 5.51. The van der Waals surface area contributed by atoms with Crippen molar-refractivity contribution in [3.8, 4) is 0 Å². The van der Waals surface area contributed by atoms with Gasteiger partial charge in [-0.25, -0.2) is 13.4 Å². The van der Waals surface area contributed by atoms with Crippen molar-refractivity contribution >= 4 is 9.84 Å². The summed E-state index contributed by atoms with van der Waals surface area (Å²) in [7, 11) is -1.55. The van der Waals surface area contributed by atoms with Crippen molar-refractivity contribution in [2.24, 2.45) is 5.92 Å². The van der Waals surface area contributed by atoms with Crippen LogP contribution in [0.4, 0.5) is 0 Å². The predicted molar refractivity (Wildman–Crippen MR) is 96.0 cm³/mol. The predicted octanol–water partition coefficient (Wildman–Crippen LogP) is 1.04. The van der Waals surface area contributed by atoms with E-state index in [1.165, 1.54) is 0 Å². The fourth-order valence-corrected chi connectivity index (χ4v) is 4.99. The molecular weight excluding hydrogens is 342 g/mol. The minimum absolute atomic E-state index is 0.180. The molecule has 0 bridgehead atoms. The number of nitrogens with zero attached hydrogens (tertiary/aromatic N) is 3. The summed E-state index contributed by atoms with van der Waals surface area (Å²) in [6.07, 6.45) is 5.78. The molecule has 1 atom stereocenters. The number of aliphatic hydroxyl groups excluding tert-OH is 2. The lowest BCUT2D eigenvalue weighted by Crippen LogP contribution is -2.32. The van der Waals surface area contributed by atoms with Crippen LogP contribution in [0.3, 0.4) is 0 Å². The van der Waals surface area contributed by atoms with Crippen molar-refractivity contribution in [2.75, 3.05) is 26.0 Å². The van der Waals surface area contributed by atoms with Gasteiger partial charge in [0.15, 0.2) is 0 Å². The normalized spacial score (nSPS) is 17.0. The molecule has 8 heteroatoms. The van der Waals surface area contributed by atoms with E-state index in [2.05, 4.69) is 11.9 Å². The summed E-state index contributed by atoms with van der Waals surface area (Å²) in [5.74, 6) is 0.460. The van der Waals surface area contributed by atoms with Crippen LogP contribution in [0.2, 0.25) is 0 Å². The first-order chi connectivity index (χ1) is 11.9. The van der Waals surface area contributed by atoms with Crippen LogP contribution < -0.4 is 0 Å². The zero-order valence-corrected chi connectivity index (χ0v) is 16.1. The molecule has 1 saturated carbocycles. The Hall–Kier alpha value is -0.960. The van der Waals surface area contributed by atoms with Gasteiger partial charge in [-0.2, -0.15) is 0 Å². The maximum Gasteiger partial charge on any atom is 0.227 e. The first kappa shape index (κ1) is 20.4. The Morgan fingerprint density at radius 3 is 2.72 bits per heavy atom. The van der Waals surface area contributed by atoms with Crippen LogP contribution in [0.25, 0.3) is 0 Å². The molecule has 0 aliphatic heterocycles. The summed E-state index contributed by atoms with van der Waals surface area (Å²) < 4.78 is 27.4. The molecule has 144 valence electrons. The quantitative estimate of drug-likeness (QED) is 0.602. The highest BCUT2D eigenvalue weighted by molar-refractivity contribution is 7.91. The number of hydrogen-bond acceptors (Lipinski definition) is 6. The fraction of sp³-hybridized carbons (Fsp3) is 0.824. The van der Waals surface area contributed by atoms with Crippen molar-refractivity contribution < 1.29 is 18.6 Å². The molecule has 1 aromatic heterocycles. The van der Waals surface area contributed by atoms with Gasteiger partial charge in [-0.3, -0.25) is 4.90 Å². The Morgan fingerprint density at radius 2 is 2.16 bits per heavy atom. The van der Waals surface area contributed by atoms with Crippen LogP contribution in [-0.4, -0.2) is 65.1 Å². The maximum atomic E-state index is 12.8. The molecule has 0 spiro atoms. The second-order valence-electron chi connectivity index (χ2n) is 7.15. The Balaban J connectivity index is 2.17. The van der Waals surface area contributed by atoms with E-state index in [1.807, 2.05) is 16.5 Å². The van der Waals surface area contributed by atoms with Gasteiger partial charge < -0.3 is 14.8 Å². The molecule has 7 nitrogen and oxygen atoms in total. The van der Waals surface area contributed by atoms with Gasteiger partial charge in [-0.1, -0.05) is 19.8 Å². The highest BCUT2D eigenvalue weighted by Crippen LogP contribution is 2.29. The molecule has 25 heavy (non-hydrogen) atoms. The third-order valence-corrected chi connectivity index (χ3v) is 6.55. The minimum Gasteiger partial charge on any atom is -0.394 e. The van der Waals surface area contributed by atoms with E-state index in [1.54, 1.807) is 6.20 Å². The van der Waals surface area contributed by atoms with Crippen molar-refractivity contribution in [2.45, 2.75) is 63.4 Å². The van der Waals surface area contributed by atoms with Gasteiger partial charge in [0.1, 0.15) is 0 Å². The molecule has 1 aliphatic rings. The molecule has 2 N–H and O–H groups in total. The standard InChI is InChI=1S/C17H31N3O4S/c1-3-4-8-20-15(10-19(2)11-16(22)12-21)9-18-17(20)25(23,24)13-14-6-5-7-14/h9,14,16,21-22H,3-8,10-13H2,1-2H3/t16-/m0/s1. The zero-order chi connectivity index (χ0) is 18.4. The summed E-state index contributed by atoms with van der Waals surface area (Å²) in [5.41, 5.74) is 0.827. The van der Waals surface area contributed by atoms with E-state index in [-0.39, 0.29) is 23.4 Å². The number of aromatic nitrogens is 2. The first-order valence-corrected chi connectivity index (χ1v) is 10.8. The lowest BCUT2D eigenvalue weighted by atomic mass is 9.87. The Labute approximate surface area is 150 Å². The van der Waals surface area contributed by atoms with E-state index < -0.39 is 15.9 Å². The molecule has 0 amide bonds.